The Hall–Kier alpha value is -2.05. The summed E-state index contributed by atoms with van der Waals surface area (Å²) in [5, 5.41) is 2.04. The Morgan fingerprint density at radius 3 is 2.46 bits per heavy atom. The molecule has 1 saturated heterocycles. The van der Waals surface area contributed by atoms with Gasteiger partial charge in [-0.1, -0.05) is 6.07 Å². The first-order valence-corrected chi connectivity index (χ1v) is 9.89. The molecule has 2 heterocycles. The number of ether oxygens (including phenoxy) is 3. The van der Waals surface area contributed by atoms with Crippen molar-refractivity contribution in [2.45, 2.75) is 32.4 Å². The van der Waals surface area contributed by atoms with Crippen LogP contribution in [0.5, 0.6) is 11.5 Å². The van der Waals surface area contributed by atoms with E-state index in [0.717, 1.165) is 18.6 Å². The van der Waals surface area contributed by atoms with Gasteiger partial charge in [0.2, 0.25) is 0 Å². The molecule has 1 aromatic carbocycles. The maximum absolute atomic E-state index is 12.9. The lowest BCUT2D eigenvalue weighted by Gasteiger charge is -2.34. The number of hydrogen-bond acceptors (Lipinski definition) is 5. The third kappa shape index (κ3) is 5.22. The van der Waals surface area contributed by atoms with Crippen molar-refractivity contribution in [2.24, 2.45) is 0 Å². The number of thiophene rings is 1. The Morgan fingerprint density at radius 1 is 1.15 bits per heavy atom. The Labute approximate surface area is 158 Å². The molecule has 5 nitrogen and oxygen atoms in total. The molecule has 1 fully saturated rings. The molecular formula is C20H25NO4S. The number of carbonyl (C=O) groups is 1. The number of amides is 1. The topological polar surface area (TPSA) is 48.0 Å². The first-order chi connectivity index (χ1) is 12.8. The molecule has 0 atom stereocenters. The first-order valence-electron chi connectivity index (χ1n) is 9.01. The van der Waals surface area contributed by atoms with E-state index in [1.54, 1.807) is 11.3 Å². The summed E-state index contributed by atoms with van der Waals surface area (Å²) in [5.41, 5.74) is 0. The summed E-state index contributed by atoms with van der Waals surface area (Å²) in [7, 11) is 0. The molecule has 6 heteroatoms. The van der Waals surface area contributed by atoms with Gasteiger partial charge in [-0.25, -0.2) is 0 Å². The minimum Gasteiger partial charge on any atom is -0.494 e. The summed E-state index contributed by atoms with van der Waals surface area (Å²) in [5.74, 6) is 1.48. The van der Waals surface area contributed by atoms with Crippen molar-refractivity contribution in [3.8, 4) is 11.5 Å². The van der Waals surface area contributed by atoms with Gasteiger partial charge in [-0.15, -0.1) is 11.3 Å². The second-order valence-corrected chi connectivity index (χ2v) is 7.17. The van der Waals surface area contributed by atoms with E-state index >= 15 is 0 Å². The quantitative estimate of drug-likeness (QED) is 0.705. The summed E-state index contributed by atoms with van der Waals surface area (Å²) < 4.78 is 16.6. The zero-order chi connectivity index (χ0) is 18.2. The predicted molar refractivity (Wildman–Crippen MR) is 102 cm³/mol. The fourth-order valence-electron chi connectivity index (χ4n) is 3.01. The maximum atomic E-state index is 12.9. The van der Waals surface area contributed by atoms with E-state index in [2.05, 4.69) is 6.07 Å². The third-order valence-corrected chi connectivity index (χ3v) is 5.22. The second kappa shape index (κ2) is 9.59. The molecule has 3 rings (SSSR count). The monoisotopic (exact) mass is 375 g/mol. The highest BCUT2D eigenvalue weighted by Gasteiger charge is 2.26. The van der Waals surface area contributed by atoms with Crippen LogP contribution in [0.3, 0.4) is 0 Å². The second-order valence-electron chi connectivity index (χ2n) is 6.14. The molecule has 1 amide bonds. The highest BCUT2D eigenvalue weighted by molar-refractivity contribution is 7.09. The smallest absolute Gasteiger partial charge is 0.261 e. The van der Waals surface area contributed by atoms with E-state index < -0.39 is 0 Å². The Morgan fingerprint density at radius 2 is 1.85 bits per heavy atom. The van der Waals surface area contributed by atoms with Crippen LogP contribution < -0.4 is 9.47 Å². The fraction of sp³-hybridized carbons (Fsp3) is 0.450. The van der Waals surface area contributed by atoms with Crippen molar-refractivity contribution in [3.63, 3.8) is 0 Å². The number of benzene rings is 1. The van der Waals surface area contributed by atoms with E-state index in [1.165, 1.54) is 4.88 Å². The van der Waals surface area contributed by atoms with Crippen molar-refractivity contribution in [2.75, 3.05) is 26.4 Å². The molecule has 0 spiro atoms. The van der Waals surface area contributed by atoms with Crippen LogP contribution in [0.2, 0.25) is 0 Å². The van der Waals surface area contributed by atoms with Crippen LogP contribution in [0.15, 0.2) is 41.8 Å². The number of rotatable bonds is 8. The van der Waals surface area contributed by atoms with Gasteiger partial charge in [-0.2, -0.15) is 0 Å². The minimum atomic E-state index is 0.0131. The van der Waals surface area contributed by atoms with Crippen LogP contribution in [0.4, 0.5) is 0 Å². The normalized spacial score (nSPS) is 14.8. The van der Waals surface area contributed by atoms with Crippen LogP contribution in [0.25, 0.3) is 0 Å². The van der Waals surface area contributed by atoms with Crippen LogP contribution in [-0.2, 0) is 16.1 Å². The zero-order valence-electron chi connectivity index (χ0n) is 15.1. The van der Waals surface area contributed by atoms with Gasteiger partial charge in [-0.05, 0) is 55.5 Å². The number of nitrogens with zero attached hydrogens (tertiary/aromatic N) is 1. The lowest BCUT2D eigenvalue weighted by molar-refractivity contribution is -0.138. The average Bonchev–Trinajstić information content (AvgIpc) is 3.19. The minimum absolute atomic E-state index is 0.0131. The molecule has 0 radical (unpaired) electrons. The van der Waals surface area contributed by atoms with Gasteiger partial charge in [0.25, 0.3) is 5.91 Å². The molecule has 0 N–H and O–H groups in total. The van der Waals surface area contributed by atoms with Crippen molar-refractivity contribution >= 4 is 17.2 Å². The summed E-state index contributed by atoms with van der Waals surface area (Å²) in [6.07, 6.45) is 1.75. The Balaban J connectivity index is 1.60. The van der Waals surface area contributed by atoms with Gasteiger partial charge in [0.1, 0.15) is 11.5 Å². The number of carbonyl (C=O) groups excluding carboxylic acids is 1. The SMILES string of the molecule is CCOc1ccc(OCC(=O)N(Cc2cccs2)C2CCOCC2)cc1. The Bertz CT molecular complexity index is 666. The maximum Gasteiger partial charge on any atom is 0.261 e. The van der Waals surface area contributed by atoms with E-state index in [1.807, 2.05) is 47.5 Å². The van der Waals surface area contributed by atoms with Crippen molar-refractivity contribution in [3.05, 3.63) is 46.7 Å². The van der Waals surface area contributed by atoms with Gasteiger partial charge in [-0.3, -0.25) is 4.79 Å². The first kappa shape index (κ1) is 18.7. The highest BCUT2D eigenvalue weighted by atomic mass is 32.1. The summed E-state index contributed by atoms with van der Waals surface area (Å²) in [4.78, 5) is 16.0. The molecule has 140 valence electrons. The predicted octanol–water partition coefficient (Wildman–Crippen LogP) is 3.73. The van der Waals surface area contributed by atoms with Crippen LogP contribution in [0.1, 0.15) is 24.6 Å². The highest BCUT2D eigenvalue weighted by Crippen LogP contribution is 2.21. The van der Waals surface area contributed by atoms with E-state index in [9.17, 15) is 4.79 Å². The standard InChI is InChI=1S/C20H25NO4S/c1-2-24-17-5-7-18(8-6-17)25-15-20(22)21(14-19-4-3-13-26-19)16-9-11-23-12-10-16/h3-8,13,16H,2,9-12,14-15H2,1H3. The molecule has 0 aliphatic carbocycles. The lowest BCUT2D eigenvalue weighted by Crippen LogP contribution is -2.44. The molecule has 26 heavy (non-hydrogen) atoms. The molecule has 1 aliphatic rings. The molecule has 0 saturated carbocycles. The van der Waals surface area contributed by atoms with Crippen molar-refractivity contribution in [1.82, 2.24) is 4.90 Å². The van der Waals surface area contributed by atoms with Gasteiger partial charge >= 0.3 is 0 Å². The largest absolute Gasteiger partial charge is 0.494 e. The van der Waals surface area contributed by atoms with Gasteiger partial charge in [0.05, 0.1) is 13.2 Å². The average molecular weight is 375 g/mol. The van der Waals surface area contributed by atoms with E-state index in [0.29, 0.717) is 32.1 Å². The van der Waals surface area contributed by atoms with E-state index in [4.69, 9.17) is 14.2 Å². The molecular weight excluding hydrogens is 350 g/mol. The zero-order valence-corrected chi connectivity index (χ0v) is 15.9. The molecule has 2 aromatic rings. The molecule has 1 aliphatic heterocycles. The van der Waals surface area contributed by atoms with E-state index in [-0.39, 0.29) is 18.6 Å². The summed E-state index contributed by atoms with van der Waals surface area (Å²) in [6.45, 7) is 4.66. The van der Waals surface area contributed by atoms with Crippen LogP contribution in [-0.4, -0.2) is 43.3 Å². The summed E-state index contributed by atoms with van der Waals surface area (Å²) >= 11 is 1.67. The van der Waals surface area contributed by atoms with Crippen LogP contribution in [0, 0.1) is 0 Å². The fourth-order valence-corrected chi connectivity index (χ4v) is 3.72. The number of hydrogen-bond donors (Lipinski definition) is 0. The van der Waals surface area contributed by atoms with Gasteiger partial charge in [0, 0.05) is 24.1 Å². The Kier molecular flexibility index (Phi) is 6.91. The van der Waals surface area contributed by atoms with Crippen molar-refractivity contribution < 1.29 is 19.0 Å². The van der Waals surface area contributed by atoms with Gasteiger partial charge in [0.15, 0.2) is 6.61 Å². The molecule has 0 bridgehead atoms. The van der Waals surface area contributed by atoms with Crippen LogP contribution >= 0.6 is 11.3 Å². The van der Waals surface area contributed by atoms with Gasteiger partial charge < -0.3 is 19.1 Å². The lowest BCUT2D eigenvalue weighted by atomic mass is 10.1. The van der Waals surface area contributed by atoms with Crippen molar-refractivity contribution in [1.29, 1.82) is 0 Å². The summed E-state index contributed by atoms with van der Waals surface area (Å²) in [6, 6.07) is 11.7. The molecule has 1 aromatic heterocycles. The molecule has 0 unspecified atom stereocenters. The third-order valence-electron chi connectivity index (χ3n) is 4.36.